The summed E-state index contributed by atoms with van der Waals surface area (Å²) in [7, 11) is -3.37. The van der Waals surface area contributed by atoms with Crippen molar-refractivity contribution in [2.45, 2.75) is 31.7 Å². The van der Waals surface area contributed by atoms with Crippen LogP contribution >= 0.6 is 0 Å². The Labute approximate surface area is 206 Å². The van der Waals surface area contributed by atoms with E-state index in [1.165, 1.54) is 10.6 Å². The molecule has 2 amide bonds. The van der Waals surface area contributed by atoms with Gasteiger partial charge in [0.15, 0.2) is 0 Å². The van der Waals surface area contributed by atoms with Crippen LogP contribution in [0.3, 0.4) is 0 Å². The average Bonchev–Trinajstić information content (AvgIpc) is 3.57. The minimum atomic E-state index is -3.37. The van der Waals surface area contributed by atoms with E-state index in [1.54, 1.807) is 11.0 Å². The Balaban J connectivity index is 1.47. The largest absolute Gasteiger partial charge is 0.371 e. The number of carbonyl (C=O) groups is 2. The number of amides is 2. The molecular formula is C26H32N4O4S. The van der Waals surface area contributed by atoms with Crippen molar-refractivity contribution in [3.8, 4) is 0 Å². The van der Waals surface area contributed by atoms with Gasteiger partial charge in [-0.25, -0.2) is 8.42 Å². The molecule has 8 nitrogen and oxygen atoms in total. The highest BCUT2D eigenvalue weighted by molar-refractivity contribution is 7.88. The normalized spacial score (nSPS) is 21.2. The summed E-state index contributed by atoms with van der Waals surface area (Å²) in [6.45, 7) is 2.53. The molecule has 1 atom stereocenters. The molecule has 5 rings (SSSR count). The zero-order chi connectivity index (χ0) is 24.6. The fourth-order valence-corrected chi connectivity index (χ4v) is 5.84. The summed E-state index contributed by atoms with van der Waals surface area (Å²) in [5, 5.41) is 3.01. The van der Waals surface area contributed by atoms with Gasteiger partial charge in [0.05, 0.1) is 23.5 Å². The molecule has 2 saturated heterocycles. The first kappa shape index (κ1) is 23.8. The Morgan fingerprint density at radius 3 is 2.31 bits per heavy atom. The maximum absolute atomic E-state index is 14.0. The average molecular weight is 497 g/mol. The molecule has 1 saturated carbocycles. The van der Waals surface area contributed by atoms with Crippen molar-refractivity contribution in [1.29, 1.82) is 0 Å². The van der Waals surface area contributed by atoms with E-state index in [9.17, 15) is 18.0 Å². The maximum Gasteiger partial charge on any atom is 0.256 e. The van der Waals surface area contributed by atoms with Crippen molar-refractivity contribution in [2.24, 2.45) is 5.92 Å². The summed E-state index contributed by atoms with van der Waals surface area (Å²) in [6.07, 6.45) is 5.20. The Hall–Kier alpha value is -2.91. The van der Waals surface area contributed by atoms with Gasteiger partial charge < -0.3 is 15.1 Å². The van der Waals surface area contributed by atoms with E-state index in [0.29, 0.717) is 17.8 Å². The third kappa shape index (κ3) is 5.21. The van der Waals surface area contributed by atoms with Crippen LogP contribution in [-0.2, 0) is 14.8 Å². The van der Waals surface area contributed by atoms with Crippen LogP contribution in [0.25, 0.3) is 0 Å². The van der Waals surface area contributed by atoms with Crippen molar-refractivity contribution in [3.05, 3.63) is 59.7 Å². The highest BCUT2D eigenvalue weighted by Gasteiger charge is 2.36. The van der Waals surface area contributed by atoms with Crippen LogP contribution in [0.1, 0.15) is 47.6 Å². The molecule has 3 fully saturated rings. The molecule has 2 aliphatic heterocycles. The Kier molecular flexibility index (Phi) is 6.55. The standard InChI is InChI=1S/C26H32N4O4S/c1-35(33,34)29-15-16-30(24(18-29)19-7-3-2-4-8-19)26(32)22-12-11-21(27-25(31)20-9-10-20)17-23(22)28-13-5-6-14-28/h2-4,7-8,11-12,17,20,24H,5-6,9-10,13-16,18H2,1H3,(H,27,31). The lowest BCUT2D eigenvalue weighted by Gasteiger charge is -2.41. The number of rotatable bonds is 6. The lowest BCUT2D eigenvalue weighted by atomic mass is 10.0. The minimum Gasteiger partial charge on any atom is -0.371 e. The monoisotopic (exact) mass is 496 g/mol. The van der Waals surface area contributed by atoms with Gasteiger partial charge in [-0.2, -0.15) is 4.31 Å². The summed E-state index contributed by atoms with van der Waals surface area (Å²) in [5.41, 5.74) is 3.04. The first-order valence-electron chi connectivity index (χ1n) is 12.3. The highest BCUT2D eigenvalue weighted by Crippen LogP contribution is 2.35. The molecule has 2 aromatic rings. The van der Waals surface area contributed by atoms with Gasteiger partial charge in [0.25, 0.3) is 5.91 Å². The number of hydrogen-bond donors (Lipinski definition) is 1. The molecule has 0 spiro atoms. The van der Waals surface area contributed by atoms with E-state index in [1.807, 2.05) is 42.5 Å². The molecule has 1 N–H and O–H groups in total. The molecule has 1 aliphatic carbocycles. The zero-order valence-corrected chi connectivity index (χ0v) is 20.8. The Morgan fingerprint density at radius 2 is 1.66 bits per heavy atom. The minimum absolute atomic E-state index is 0.0393. The van der Waals surface area contributed by atoms with Gasteiger partial charge >= 0.3 is 0 Å². The van der Waals surface area contributed by atoms with Gasteiger partial charge in [-0.1, -0.05) is 30.3 Å². The Morgan fingerprint density at radius 1 is 0.943 bits per heavy atom. The third-order valence-electron chi connectivity index (χ3n) is 7.15. The molecule has 2 aromatic carbocycles. The number of anilines is 2. The summed E-state index contributed by atoms with van der Waals surface area (Å²) in [6, 6.07) is 14.8. The fourth-order valence-electron chi connectivity index (χ4n) is 5.02. The van der Waals surface area contributed by atoms with E-state index in [-0.39, 0.29) is 36.9 Å². The van der Waals surface area contributed by atoms with Crippen molar-refractivity contribution in [3.63, 3.8) is 0 Å². The number of carbonyl (C=O) groups excluding carboxylic acids is 2. The predicted octanol–water partition coefficient (Wildman–Crippen LogP) is 3.09. The van der Waals surface area contributed by atoms with E-state index in [4.69, 9.17) is 0 Å². The van der Waals surface area contributed by atoms with Gasteiger partial charge in [-0.3, -0.25) is 9.59 Å². The van der Waals surface area contributed by atoms with Gasteiger partial charge in [-0.05, 0) is 49.4 Å². The van der Waals surface area contributed by atoms with Gasteiger partial charge in [-0.15, -0.1) is 0 Å². The summed E-state index contributed by atoms with van der Waals surface area (Å²) < 4.78 is 26.0. The summed E-state index contributed by atoms with van der Waals surface area (Å²) >= 11 is 0. The van der Waals surface area contributed by atoms with Gasteiger partial charge in [0.1, 0.15) is 0 Å². The van der Waals surface area contributed by atoms with Crippen LogP contribution in [0, 0.1) is 5.92 Å². The highest BCUT2D eigenvalue weighted by atomic mass is 32.2. The van der Waals surface area contributed by atoms with E-state index >= 15 is 0 Å². The van der Waals surface area contributed by atoms with Crippen LogP contribution < -0.4 is 10.2 Å². The number of nitrogens with zero attached hydrogens (tertiary/aromatic N) is 3. The molecule has 1 unspecified atom stereocenters. The first-order valence-corrected chi connectivity index (χ1v) is 14.2. The van der Waals surface area contributed by atoms with Gasteiger partial charge in [0, 0.05) is 44.3 Å². The second-order valence-electron chi connectivity index (χ2n) is 9.74. The summed E-state index contributed by atoms with van der Waals surface area (Å²) in [5.74, 6) is 0.0239. The first-order chi connectivity index (χ1) is 16.8. The maximum atomic E-state index is 14.0. The van der Waals surface area contributed by atoms with Crippen LogP contribution in [0.5, 0.6) is 0 Å². The molecule has 3 aliphatic rings. The van der Waals surface area contributed by atoms with Crippen LogP contribution in [-0.4, -0.2) is 68.4 Å². The molecule has 35 heavy (non-hydrogen) atoms. The molecule has 0 bridgehead atoms. The number of sulfonamides is 1. The van der Waals surface area contributed by atoms with E-state index in [2.05, 4.69) is 10.2 Å². The van der Waals surface area contributed by atoms with Gasteiger partial charge in [0.2, 0.25) is 15.9 Å². The SMILES string of the molecule is CS(=O)(=O)N1CCN(C(=O)c2ccc(NC(=O)C3CC3)cc2N2CCCC2)C(c2ccccc2)C1. The van der Waals surface area contributed by atoms with Crippen LogP contribution in [0.2, 0.25) is 0 Å². The lowest BCUT2D eigenvalue weighted by Crippen LogP contribution is -2.52. The predicted molar refractivity (Wildman–Crippen MR) is 136 cm³/mol. The van der Waals surface area contributed by atoms with Crippen LogP contribution in [0.4, 0.5) is 11.4 Å². The van der Waals surface area contributed by atoms with Crippen molar-refractivity contribution in [1.82, 2.24) is 9.21 Å². The molecule has 0 radical (unpaired) electrons. The summed E-state index contributed by atoms with van der Waals surface area (Å²) in [4.78, 5) is 30.4. The van der Waals surface area contributed by atoms with Crippen molar-refractivity contribution >= 4 is 33.2 Å². The van der Waals surface area contributed by atoms with Crippen molar-refractivity contribution < 1.29 is 18.0 Å². The number of benzene rings is 2. The molecule has 0 aromatic heterocycles. The fraction of sp³-hybridized carbons (Fsp3) is 0.462. The zero-order valence-electron chi connectivity index (χ0n) is 20.0. The molecule has 9 heteroatoms. The number of piperazine rings is 1. The second kappa shape index (κ2) is 9.62. The lowest BCUT2D eigenvalue weighted by molar-refractivity contribution is -0.117. The molecule has 186 valence electrons. The second-order valence-corrected chi connectivity index (χ2v) is 11.7. The van der Waals surface area contributed by atoms with Crippen molar-refractivity contribution in [2.75, 3.05) is 49.2 Å². The van der Waals surface area contributed by atoms with E-state index in [0.717, 1.165) is 50.0 Å². The number of hydrogen-bond acceptors (Lipinski definition) is 5. The Bertz CT molecular complexity index is 1210. The van der Waals surface area contributed by atoms with E-state index < -0.39 is 10.0 Å². The quantitative estimate of drug-likeness (QED) is 0.664. The third-order valence-corrected chi connectivity index (χ3v) is 8.42. The molecule has 2 heterocycles. The smallest absolute Gasteiger partial charge is 0.256 e. The number of nitrogens with one attached hydrogen (secondary N) is 1. The molecular weight excluding hydrogens is 464 g/mol. The van der Waals surface area contributed by atoms with Crippen LogP contribution in [0.15, 0.2) is 48.5 Å². The topological polar surface area (TPSA) is 90.0 Å².